The van der Waals surface area contributed by atoms with Crippen LogP contribution in [0.4, 0.5) is 26.1 Å². The summed E-state index contributed by atoms with van der Waals surface area (Å²) in [6.07, 6.45) is 6.14. The monoisotopic (exact) mass is 440 g/mol. The smallest absolute Gasteiger partial charge is 0.227 e. The van der Waals surface area contributed by atoms with Gasteiger partial charge < -0.3 is 10.6 Å². The van der Waals surface area contributed by atoms with Crippen LogP contribution in [0.15, 0.2) is 42.6 Å². The molecular weight excluding hydrogens is 414 g/mol. The van der Waals surface area contributed by atoms with Crippen LogP contribution in [-0.2, 0) is 12.2 Å². The van der Waals surface area contributed by atoms with Gasteiger partial charge in [-0.15, -0.1) is 0 Å². The van der Waals surface area contributed by atoms with Crippen molar-refractivity contribution in [2.75, 3.05) is 23.4 Å². The minimum atomic E-state index is -0.546. The van der Waals surface area contributed by atoms with Crippen molar-refractivity contribution in [3.05, 3.63) is 65.4 Å². The number of anilines is 3. The Labute approximate surface area is 185 Å². The molecule has 0 saturated heterocycles. The third-order valence-corrected chi connectivity index (χ3v) is 6.00. The Morgan fingerprint density at radius 1 is 1.13 bits per heavy atom. The SMILES string of the molecule is CSCc1cc2cc(c1)Nc1ncc(F)c(n1)-c1ccc(F)c(c1)NCCCC(C)C2. The molecule has 2 N–H and O–H groups in total. The number of benzene rings is 2. The summed E-state index contributed by atoms with van der Waals surface area (Å²) in [6.45, 7) is 2.90. The number of thioether (sulfide) groups is 1. The molecule has 0 fully saturated rings. The molecule has 7 heteroatoms. The van der Waals surface area contributed by atoms with E-state index in [2.05, 4.69) is 52.0 Å². The molecule has 3 aromatic rings. The number of rotatable bonds is 2. The summed E-state index contributed by atoms with van der Waals surface area (Å²) in [7, 11) is 0. The fourth-order valence-corrected chi connectivity index (χ4v) is 4.45. The zero-order chi connectivity index (χ0) is 21.8. The number of hydrogen-bond donors (Lipinski definition) is 2. The van der Waals surface area contributed by atoms with Crippen LogP contribution in [0.2, 0.25) is 0 Å². The second-order valence-electron chi connectivity index (χ2n) is 8.06. The quantitative estimate of drug-likeness (QED) is 0.482. The van der Waals surface area contributed by atoms with E-state index in [0.717, 1.165) is 36.9 Å². The summed E-state index contributed by atoms with van der Waals surface area (Å²) in [4.78, 5) is 8.52. The van der Waals surface area contributed by atoms with Crippen LogP contribution in [0, 0.1) is 17.6 Å². The Kier molecular flexibility index (Phi) is 6.70. The first-order valence-corrected chi connectivity index (χ1v) is 11.9. The first-order chi connectivity index (χ1) is 15.0. The lowest BCUT2D eigenvalue weighted by molar-refractivity contribution is 0.515. The Hall–Kier alpha value is -2.67. The molecule has 2 heterocycles. The van der Waals surface area contributed by atoms with E-state index in [-0.39, 0.29) is 11.5 Å². The second-order valence-corrected chi connectivity index (χ2v) is 8.93. The first kappa shape index (κ1) is 21.6. The van der Waals surface area contributed by atoms with Crippen LogP contribution in [0.25, 0.3) is 11.3 Å². The average Bonchev–Trinajstić information content (AvgIpc) is 2.73. The van der Waals surface area contributed by atoms with E-state index in [1.807, 2.05) is 0 Å². The molecule has 6 bridgehead atoms. The lowest BCUT2D eigenvalue weighted by atomic mass is 9.95. The van der Waals surface area contributed by atoms with Gasteiger partial charge in [0, 0.05) is 23.5 Å². The molecule has 0 amide bonds. The maximum atomic E-state index is 14.5. The zero-order valence-corrected chi connectivity index (χ0v) is 18.5. The summed E-state index contributed by atoms with van der Waals surface area (Å²) >= 11 is 1.77. The van der Waals surface area contributed by atoms with E-state index in [9.17, 15) is 8.78 Å². The predicted octanol–water partition coefficient (Wildman–Crippen LogP) is 6.41. The zero-order valence-electron chi connectivity index (χ0n) is 17.7. The molecule has 0 spiro atoms. The Balaban J connectivity index is 1.77. The molecule has 2 aromatic carbocycles. The van der Waals surface area contributed by atoms with Crippen molar-refractivity contribution in [2.45, 2.75) is 31.9 Å². The summed E-state index contributed by atoms with van der Waals surface area (Å²) in [6, 6.07) is 10.9. The Bertz CT molecular complexity index is 1070. The highest BCUT2D eigenvalue weighted by molar-refractivity contribution is 7.97. The van der Waals surface area contributed by atoms with Crippen molar-refractivity contribution in [3.63, 3.8) is 0 Å². The molecule has 31 heavy (non-hydrogen) atoms. The molecule has 1 aliphatic rings. The van der Waals surface area contributed by atoms with Crippen LogP contribution in [0.3, 0.4) is 0 Å². The lowest BCUT2D eigenvalue weighted by Crippen LogP contribution is -2.08. The van der Waals surface area contributed by atoms with Gasteiger partial charge in [-0.05, 0) is 72.9 Å². The van der Waals surface area contributed by atoms with Crippen LogP contribution in [-0.4, -0.2) is 22.8 Å². The number of nitrogens with one attached hydrogen (secondary N) is 2. The van der Waals surface area contributed by atoms with E-state index in [0.29, 0.717) is 29.7 Å². The number of fused-ring (bicyclic) bond motifs is 7. The van der Waals surface area contributed by atoms with Crippen molar-refractivity contribution in [1.82, 2.24) is 9.97 Å². The average molecular weight is 441 g/mol. The molecule has 1 aromatic heterocycles. The molecule has 4 nitrogen and oxygen atoms in total. The van der Waals surface area contributed by atoms with E-state index < -0.39 is 5.82 Å². The number of aromatic nitrogens is 2. The van der Waals surface area contributed by atoms with E-state index in [4.69, 9.17) is 0 Å². The summed E-state index contributed by atoms with van der Waals surface area (Å²) in [5.41, 5.74) is 4.37. The second kappa shape index (κ2) is 9.64. The van der Waals surface area contributed by atoms with Gasteiger partial charge in [0.05, 0.1) is 11.9 Å². The largest absolute Gasteiger partial charge is 0.383 e. The van der Waals surface area contributed by atoms with Gasteiger partial charge in [-0.1, -0.05) is 13.0 Å². The van der Waals surface area contributed by atoms with Gasteiger partial charge in [0.1, 0.15) is 11.5 Å². The highest BCUT2D eigenvalue weighted by Gasteiger charge is 2.14. The fourth-order valence-electron chi connectivity index (χ4n) is 3.95. The van der Waals surface area contributed by atoms with Gasteiger partial charge in [0.15, 0.2) is 5.82 Å². The van der Waals surface area contributed by atoms with Gasteiger partial charge in [0.2, 0.25) is 5.95 Å². The summed E-state index contributed by atoms with van der Waals surface area (Å²) < 4.78 is 28.8. The molecular formula is C24H26F2N4S. The molecule has 162 valence electrons. The summed E-state index contributed by atoms with van der Waals surface area (Å²) in [5, 5.41) is 6.39. The summed E-state index contributed by atoms with van der Waals surface area (Å²) in [5.74, 6) is 0.811. The fraction of sp³-hybridized carbons (Fsp3) is 0.333. The molecule has 0 radical (unpaired) electrons. The first-order valence-electron chi connectivity index (χ1n) is 10.5. The molecule has 1 aliphatic heterocycles. The van der Waals surface area contributed by atoms with Gasteiger partial charge in [0.25, 0.3) is 0 Å². The molecule has 4 rings (SSSR count). The van der Waals surface area contributed by atoms with E-state index in [1.165, 1.54) is 23.3 Å². The van der Waals surface area contributed by atoms with Crippen molar-refractivity contribution in [2.24, 2.45) is 5.92 Å². The van der Waals surface area contributed by atoms with Crippen molar-refractivity contribution >= 4 is 29.1 Å². The Morgan fingerprint density at radius 3 is 2.84 bits per heavy atom. The van der Waals surface area contributed by atoms with Gasteiger partial charge in [-0.3, -0.25) is 0 Å². The van der Waals surface area contributed by atoms with Gasteiger partial charge in [-0.25, -0.2) is 18.7 Å². The topological polar surface area (TPSA) is 49.8 Å². The third-order valence-electron chi connectivity index (χ3n) is 5.38. The van der Waals surface area contributed by atoms with E-state index in [1.54, 1.807) is 17.8 Å². The number of halogens is 2. The van der Waals surface area contributed by atoms with Crippen LogP contribution in [0.5, 0.6) is 0 Å². The van der Waals surface area contributed by atoms with Crippen molar-refractivity contribution in [3.8, 4) is 11.3 Å². The molecule has 1 atom stereocenters. The highest BCUT2D eigenvalue weighted by Crippen LogP contribution is 2.28. The van der Waals surface area contributed by atoms with Crippen LogP contribution >= 0.6 is 11.8 Å². The van der Waals surface area contributed by atoms with Crippen LogP contribution in [0.1, 0.15) is 30.9 Å². The highest BCUT2D eigenvalue weighted by atomic mass is 32.2. The van der Waals surface area contributed by atoms with Gasteiger partial charge in [-0.2, -0.15) is 11.8 Å². The molecule has 0 aliphatic carbocycles. The van der Waals surface area contributed by atoms with Crippen molar-refractivity contribution < 1.29 is 8.78 Å². The standard InChI is InChI=1S/C24H26F2N4S/c1-15-4-3-7-27-22-12-18(5-6-20(22)25)23-21(26)13-28-24(30-23)29-19-10-16(8-15)9-17(11-19)14-31-2/h5-6,9-13,15,27H,3-4,7-8,14H2,1-2H3,(H,28,29,30). The van der Waals surface area contributed by atoms with E-state index >= 15 is 0 Å². The minimum Gasteiger partial charge on any atom is -0.383 e. The normalized spacial score (nSPS) is 16.3. The Morgan fingerprint density at radius 2 is 2.00 bits per heavy atom. The lowest BCUT2D eigenvalue weighted by Gasteiger charge is -2.16. The van der Waals surface area contributed by atoms with Crippen molar-refractivity contribution in [1.29, 1.82) is 0 Å². The maximum absolute atomic E-state index is 14.5. The third kappa shape index (κ3) is 5.34. The molecule has 1 unspecified atom stereocenters. The van der Waals surface area contributed by atoms with Gasteiger partial charge >= 0.3 is 0 Å². The van der Waals surface area contributed by atoms with Crippen LogP contribution < -0.4 is 10.6 Å². The number of nitrogens with zero attached hydrogens (tertiary/aromatic N) is 2. The molecule has 0 saturated carbocycles. The maximum Gasteiger partial charge on any atom is 0.227 e. The number of hydrogen-bond acceptors (Lipinski definition) is 5. The minimum absolute atomic E-state index is 0.141. The predicted molar refractivity (Wildman–Crippen MR) is 125 cm³/mol.